The molecule has 0 heterocycles. The van der Waals surface area contributed by atoms with Gasteiger partial charge in [0, 0.05) is 6.92 Å². The average Bonchev–Trinajstić information content (AvgIpc) is 2.76. The van der Waals surface area contributed by atoms with Crippen LogP contribution >= 0.6 is 7.52 Å². The molecule has 0 bridgehead atoms. The molecule has 0 aliphatic rings. The summed E-state index contributed by atoms with van der Waals surface area (Å²) in [5.41, 5.74) is -2.98. The molecule has 1 aromatic rings. The molecule has 0 amide bonds. The Morgan fingerprint density at radius 2 is 1.77 bits per heavy atom. The van der Waals surface area contributed by atoms with Gasteiger partial charge >= 0.3 is 19.2 Å². The van der Waals surface area contributed by atoms with Crippen molar-refractivity contribution in [3.05, 3.63) is 72.5 Å². The Hall–Kier alpha value is -2.24. The van der Waals surface area contributed by atoms with Crippen LogP contribution in [-0.4, -0.2) is 18.2 Å². The van der Waals surface area contributed by atoms with Crippen LogP contribution in [0.25, 0.3) is 0 Å². The SMILES string of the molecule is C=C/C(=C\C=C/C)OP(=O)(NCC(=O)OCc1ccccc1)C(C)(F)F.CC.CC. The van der Waals surface area contributed by atoms with Crippen molar-refractivity contribution >= 4 is 13.5 Å². The molecule has 5 nitrogen and oxygen atoms in total. The van der Waals surface area contributed by atoms with E-state index in [1.807, 2.05) is 38.8 Å². The summed E-state index contributed by atoms with van der Waals surface area (Å²) in [4.78, 5) is 11.8. The first-order valence-electron chi connectivity index (χ1n) is 9.79. The van der Waals surface area contributed by atoms with E-state index in [4.69, 9.17) is 9.26 Å². The molecule has 1 rings (SSSR count). The van der Waals surface area contributed by atoms with Gasteiger partial charge in [-0.25, -0.2) is 5.09 Å². The first-order chi connectivity index (χ1) is 14.2. The number of carbonyl (C=O) groups excluding carboxylic acids is 1. The summed E-state index contributed by atoms with van der Waals surface area (Å²) < 4.78 is 50.1. The number of nitrogens with one attached hydrogen (secondary N) is 1. The van der Waals surface area contributed by atoms with Crippen molar-refractivity contribution in [2.75, 3.05) is 6.54 Å². The highest BCUT2D eigenvalue weighted by Crippen LogP contribution is 2.58. The third-order valence-electron chi connectivity index (χ3n) is 3.08. The molecule has 0 aliphatic heterocycles. The van der Waals surface area contributed by atoms with E-state index >= 15 is 0 Å². The molecule has 30 heavy (non-hydrogen) atoms. The second kappa shape index (κ2) is 16.5. The Labute approximate surface area is 179 Å². The summed E-state index contributed by atoms with van der Waals surface area (Å²) >= 11 is 0. The second-order valence-electron chi connectivity index (χ2n) is 5.26. The maximum absolute atomic E-state index is 13.8. The molecular formula is C22H34F2NO4P. The highest BCUT2D eigenvalue weighted by molar-refractivity contribution is 7.58. The van der Waals surface area contributed by atoms with Gasteiger partial charge in [0.15, 0.2) is 0 Å². The summed E-state index contributed by atoms with van der Waals surface area (Å²) in [6.07, 6.45) is 5.63. The van der Waals surface area contributed by atoms with Gasteiger partial charge in [-0.15, -0.1) is 0 Å². The van der Waals surface area contributed by atoms with Crippen LogP contribution in [0.15, 0.2) is 67.0 Å². The highest BCUT2D eigenvalue weighted by atomic mass is 31.2. The van der Waals surface area contributed by atoms with Crippen LogP contribution in [0.3, 0.4) is 0 Å². The van der Waals surface area contributed by atoms with Gasteiger partial charge in [-0.2, -0.15) is 8.78 Å². The van der Waals surface area contributed by atoms with Gasteiger partial charge in [-0.3, -0.25) is 9.36 Å². The van der Waals surface area contributed by atoms with Crippen LogP contribution in [0.1, 0.15) is 47.1 Å². The predicted octanol–water partition coefficient (Wildman–Crippen LogP) is 6.84. The zero-order valence-corrected chi connectivity index (χ0v) is 19.5. The average molecular weight is 445 g/mol. The van der Waals surface area contributed by atoms with Crippen molar-refractivity contribution in [3.8, 4) is 0 Å². The van der Waals surface area contributed by atoms with Gasteiger partial charge in [0.05, 0.1) is 0 Å². The van der Waals surface area contributed by atoms with Crippen molar-refractivity contribution in [3.63, 3.8) is 0 Å². The molecule has 1 N–H and O–H groups in total. The van der Waals surface area contributed by atoms with Crippen LogP contribution in [0, 0.1) is 0 Å². The fourth-order valence-electron chi connectivity index (χ4n) is 1.68. The smallest absolute Gasteiger partial charge is 0.385 e. The van der Waals surface area contributed by atoms with E-state index in [1.165, 1.54) is 12.2 Å². The minimum Gasteiger partial charge on any atom is -0.460 e. The number of esters is 1. The molecule has 1 unspecified atom stereocenters. The fraction of sp³-hybridized carbons (Fsp3) is 0.409. The minimum atomic E-state index is -4.72. The first kappa shape index (κ1) is 30.0. The Kier molecular flexibility index (Phi) is 16.5. The number of allylic oxidation sites excluding steroid dienone is 4. The number of benzene rings is 1. The van der Waals surface area contributed by atoms with Crippen molar-refractivity contribution in [2.45, 2.75) is 53.8 Å². The Morgan fingerprint density at radius 3 is 2.23 bits per heavy atom. The summed E-state index contributed by atoms with van der Waals surface area (Å²) in [7, 11) is -4.72. The van der Waals surface area contributed by atoms with Gasteiger partial charge in [-0.1, -0.05) is 76.8 Å². The number of ether oxygens (including phenoxy) is 1. The Bertz CT molecular complexity index is 714. The van der Waals surface area contributed by atoms with Crippen LogP contribution in [0.5, 0.6) is 0 Å². The molecule has 170 valence electrons. The maximum atomic E-state index is 13.8. The summed E-state index contributed by atoms with van der Waals surface area (Å²) in [6.45, 7) is 12.9. The molecule has 0 radical (unpaired) electrons. The quantitative estimate of drug-likeness (QED) is 0.185. The van der Waals surface area contributed by atoms with E-state index in [-0.39, 0.29) is 12.4 Å². The van der Waals surface area contributed by atoms with Crippen LogP contribution in [0.2, 0.25) is 0 Å². The Morgan fingerprint density at radius 1 is 1.20 bits per heavy atom. The standard InChI is InChI=1S/C18H22F2NO4P.2C2H6/c1-4-6-12-16(5-2)25-26(23,18(3,19)20)21-13-17(22)24-14-15-10-8-7-9-11-15;2*1-2/h4-12H,2,13-14H2,1,3H3,(H,21,23);2*1-2H3/b6-4-,16-12+;;. The first-order valence-corrected chi connectivity index (χ1v) is 11.4. The molecule has 0 saturated carbocycles. The number of rotatable bonds is 10. The maximum Gasteiger partial charge on any atom is 0.385 e. The molecule has 0 aromatic heterocycles. The zero-order valence-electron chi connectivity index (χ0n) is 18.7. The van der Waals surface area contributed by atoms with Crippen LogP contribution < -0.4 is 5.09 Å². The van der Waals surface area contributed by atoms with Gasteiger partial charge in [0.1, 0.15) is 18.9 Å². The molecule has 0 fully saturated rings. The number of hydrogen-bond acceptors (Lipinski definition) is 4. The number of alkyl halides is 2. The van der Waals surface area contributed by atoms with Crippen molar-refractivity contribution in [1.82, 2.24) is 5.09 Å². The topological polar surface area (TPSA) is 64.6 Å². The lowest BCUT2D eigenvalue weighted by Crippen LogP contribution is -2.30. The molecule has 1 atom stereocenters. The number of halogens is 2. The predicted molar refractivity (Wildman–Crippen MR) is 119 cm³/mol. The molecule has 0 saturated heterocycles. The van der Waals surface area contributed by atoms with E-state index in [2.05, 4.69) is 6.58 Å². The summed E-state index contributed by atoms with van der Waals surface area (Å²) in [5, 5.41) is 2.01. The summed E-state index contributed by atoms with van der Waals surface area (Å²) in [6, 6.07) is 8.85. The van der Waals surface area contributed by atoms with Crippen molar-refractivity contribution < 1.29 is 27.4 Å². The third kappa shape index (κ3) is 11.7. The van der Waals surface area contributed by atoms with E-state index in [9.17, 15) is 18.1 Å². The molecule has 1 aromatic carbocycles. The van der Waals surface area contributed by atoms with E-state index in [0.717, 1.165) is 11.6 Å². The van der Waals surface area contributed by atoms with Gasteiger partial charge in [0.2, 0.25) is 0 Å². The second-order valence-corrected chi connectivity index (χ2v) is 7.65. The number of carbonyl (C=O) groups is 1. The van der Waals surface area contributed by atoms with Gasteiger partial charge < -0.3 is 9.26 Å². The lowest BCUT2D eigenvalue weighted by molar-refractivity contribution is -0.143. The minimum absolute atomic E-state index is 0.0197. The largest absolute Gasteiger partial charge is 0.460 e. The lowest BCUT2D eigenvalue weighted by Gasteiger charge is -2.25. The normalized spacial score (nSPS) is 13.1. The molecule has 0 spiro atoms. The monoisotopic (exact) mass is 445 g/mol. The van der Waals surface area contributed by atoms with Crippen LogP contribution in [0.4, 0.5) is 8.78 Å². The van der Waals surface area contributed by atoms with Gasteiger partial charge in [0.25, 0.3) is 0 Å². The van der Waals surface area contributed by atoms with E-state index in [1.54, 1.807) is 37.3 Å². The van der Waals surface area contributed by atoms with Crippen molar-refractivity contribution in [2.24, 2.45) is 0 Å². The molecular weight excluding hydrogens is 411 g/mol. The van der Waals surface area contributed by atoms with Crippen LogP contribution in [-0.2, 0) is 25.2 Å². The third-order valence-corrected chi connectivity index (χ3v) is 5.16. The molecule has 8 heteroatoms. The highest BCUT2D eigenvalue weighted by Gasteiger charge is 2.49. The lowest BCUT2D eigenvalue weighted by atomic mass is 10.2. The van der Waals surface area contributed by atoms with E-state index in [0.29, 0.717) is 6.92 Å². The Balaban J connectivity index is 0. The fourth-order valence-corrected chi connectivity index (χ4v) is 2.96. The van der Waals surface area contributed by atoms with E-state index < -0.39 is 25.7 Å². The summed E-state index contributed by atoms with van der Waals surface area (Å²) in [5.74, 6) is -0.947. The van der Waals surface area contributed by atoms with Gasteiger partial charge in [-0.05, 0) is 24.6 Å². The van der Waals surface area contributed by atoms with Crippen molar-refractivity contribution in [1.29, 1.82) is 0 Å². The molecule has 0 aliphatic carbocycles. The number of hydrogen-bond donors (Lipinski definition) is 1. The zero-order chi connectivity index (χ0) is 23.6.